The van der Waals surface area contributed by atoms with Gasteiger partial charge in [0.15, 0.2) is 0 Å². The summed E-state index contributed by atoms with van der Waals surface area (Å²) in [6.07, 6.45) is 4.06. The van der Waals surface area contributed by atoms with Crippen LogP contribution in [-0.2, 0) is 19.5 Å². The molecule has 0 aliphatic carbocycles. The number of benzene rings is 2. The fraction of sp³-hybridized carbons (Fsp3) is 0.273. The van der Waals surface area contributed by atoms with E-state index in [9.17, 15) is 4.79 Å². The number of fused-ring (bicyclic) bond motifs is 1. The molecule has 0 atom stereocenters. The lowest BCUT2D eigenvalue weighted by Gasteiger charge is -2.10. The van der Waals surface area contributed by atoms with E-state index in [1.165, 1.54) is 11.1 Å². The second kappa shape index (κ2) is 7.76. The second-order valence-electron chi connectivity index (χ2n) is 7.03. The average molecular weight is 360 g/mol. The SMILES string of the molecule is Cc1nn(Cc2ccccc2)cc1C(=O)Nc1ccc2c(c1)CNCCC2. The van der Waals surface area contributed by atoms with Crippen LogP contribution in [0.5, 0.6) is 0 Å². The zero-order valence-corrected chi connectivity index (χ0v) is 15.5. The Bertz CT molecular complexity index is 946. The van der Waals surface area contributed by atoms with Gasteiger partial charge in [0.1, 0.15) is 0 Å². The Morgan fingerprint density at radius 1 is 1.19 bits per heavy atom. The number of carbonyl (C=O) groups is 1. The van der Waals surface area contributed by atoms with Gasteiger partial charge in [-0.25, -0.2) is 0 Å². The number of hydrogen-bond donors (Lipinski definition) is 2. The zero-order chi connectivity index (χ0) is 18.6. The highest BCUT2D eigenvalue weighted by atomic mass is 16.1. The molecule has 1 aromatic heterocycles. The maximum Gasteiger partial charge on any atom is 0.259 e. The molecule has 4 rings (SSSR count). The maximum absolute atomic E-state index is 12.8. The molecule has 0 saturated carbocycles. The Labute approximate surface area is 159 Å². The molecule has 0 saturated heterocycles. The van der Waals surface area contributed by atoms with Crippen molar-refractivity contribution in [2.75, 3.05) is 11.9 Å². The first kappa shape index (κ1) is 17.5. The van der Waals surface area contributed by atoms with Crippen molar-refractivity contribution in [2.45, 2.75) is 32.9 Å². The van der Waals surface area contributed by atoms with Crippen molar-refractivity contribution < 1.29 is 4.79 Å². The van der Waals surface area contributed by atoms with Crippen molar-refractivity contribution in [3.63, 3.8) is 0 Å². The number of carbonyl (C=O) groups excluding carboxylic acids is 1. The topological polar surface area (TPSA) is 59.0 Å². The predicted octanol–water partition coefficient (Wildman–Crippen LogP) is 3.53. The number of anilines is 1. The van der Waals surface area contributed by atoms with Crippen LogP contribution in [0.3, 0.4) is 0 Å². The van der Waals surface area contributed by atoms with E-state index in [0.29, 0.717) is 12.1 Å². The molecule has 0 spiro atoms. The third-order valence-corrected chi connectivity index (χ3v) is 4.96. The summed E-state index contributed by atoms with van der Waals surface area (Å²) in [7, 11) is 0. The van der Waals surface area contributed by atoms with Gasteiger partial charge in [0.2, 0.25) is 0 Å². The minimum absolute atomic E-state index is 0.117. The first-order valence-corrected chi connectivity index (χ1v) is 9.41. The van der Waals surface area contributed by atoms with Crippen LogP contribution in [0, 0.1) is 6.92 Å². The second-order valence-corrected chi connectivity index (χ2v) is 7.03. The molecule has 5 nitrogen and oxygen atoms in total. The fourth-order valence-electron chi connectivity index (χ4n) is 3.53. The van der Waals surface area contributed by atoms with E-state index in [1.807, 2.05) is 42.1 Å². The summed E-state index contributed by atoms with van der Waals surface area (Å²) in [5.74, 6) is -0.117. The molecular formula is C22H24N4O. The summed E-state index contributed by atoms with van der Waals surface area (Å²) in [6.45, 7) is 4.42. The molecule has 5 heteroatoms. The van der Waals surface area contributed by atoms with Crippen molar-refractivity contribution in [3.8, 4) is 0 Å². The van der Waals surface area contributed by atoms with Crippen LogP contribution in [0.15, 0.2) is 54.7 Å². The fourth-order valence-corrected chi connectivity index (χ4v) is 3.53. The number of nitrogens with one attached hydrogen (secondary N) is 2. The first-order valence-electron chi connectivity index (χ1n) is 9.41. The van der Waals surface area contributed by atoms with Gasteiger partial charge in [-0.1, -0.05) is 36.4 Å². The van der Waals surface area contributed by atoms with E-state index in [4.69, 9.17) is 0 Å². The molecule has 2 aromatic carbocycles. The van der Waals surface area contributed by atoms with Crippen LogP contribution in [0.2, 0.25) is 0 Å². The van der Waals surface area contributed by atoms with E-state index in [-0.39, 0.29) is 5.91 Å². The quantitative estimate of drug-likeness (QED) is 0.748. The molecule has 0 bridgehead atoms. The lowest BCUT2D eigenvalue weighted by atomic mass is 10.0. The third-order valence-electron chi connectivity index (χ3n) is 4.96. The van der Waals surface area contributed by atoms with E-state index < -0.39 is 0 Å². The normalized spacial score (nSPS) is 13.7. The number of rotatable bonds is 4. The standard InChI is InChI=1S/C22H24N4O/c1-16-21(15-26(25-16)14-17-6-3-2-4-7-17)22(27)24-20-10-9-18-8-5-11-23-13-19(18)12-20/h2-4,6-7,9-10,12,15,23H,5,8,11,13-14H2,1H3,(H,24,27). The van der Waals surface area contributed by atoms with E-state index in [2.05, 4.69) is 40.0 Å². The lowest BCUT2D eigenvalue weighted by molar-refractivity contribution is 0.102. The molecule has 3 aromatic rings. The Morgan fingerprint density at radius 3 is 2.89 bits per heavy atom. The van der Waals surface area contributed by atoms with Gasteiger partial charge in [-0.15, -0.1) is 0 Å². The summed E-state index contributed by atoms with van der Waals surface area (Å²) in [5, 5.41) is 10.9. The summed E-state index contributed by atoms with van der Waals surface area (Å²) in [4.78, 5) is 12.8. The largest absolute Gasteiger partial charge is 0.322 e. The number of aromatic nitrogens is 2. The summed E-state index contributed by atoms with van der Waals surface area (Å²) < 4.78 is 1.82. The smallest absolute Gasteiger partial charge is 0.259 e. The Hall–Kier alpha value is -2.92. The average Bonchev–Trinajstić information content (AvgIpc) is 2.88. The molecule has 138 valence electrons. The number of aryl methyl sites for hydroxylation is 2. The summed E-state index contributed by atoms with van der Waals surface area (Å²) in [5.41, 5.74) is 5.97. The highest BCUT2D eigenvalue weighted by molar-refractivity contribution is 6.04. The molecule has 0 fully saturated rings. The first-order chi connectivity index (χ1) is 13.2. The number of amides is 1. The molecule has 2 N–H and O–H groups in total. The van der Waals surface area contributed by atoms with Crippen LogP contribution in [0.25, 0.3) is 0 Å². The van der Waals surface area contributed by atoms with Crippen LogP contribution < -0.4 is 10.6 Å². The van der Waals surface area contributed by atoms with Gasteiger partial charge >= 0.3 is 0 Å². The molecule has 1 aliphatic heterocycles. The van der Waals surface area contributed by atoms with Crippen LogP contribution in [0.1, 0.15) is 39.2 Å². The molecule has 2 heterocycles. The third kappa shape index (κ3) is 4.09. The van der Waals surface area contributed by atoms with Crippen LogP contribution >= 0.6 is 0 Å². The van der Waals surface area contributed by atoms with E-state index in [1.54, 1.807) is 0 Å². The van der Waals surface area contributed by atoms with Crippen molar-refractivity contribution in [3.05, 3.63) is 82.7 Å². The number of hydrogen-bond acceptors (Lipinski definition) is 3. The van der Waals surface area contributed by atoms with Crippen LogP contribution in [0.4, 0.5) is 5.69 Å². The molecule has 1 aliphatic rings. The summed E-state index contributed by atoms with van der Waals surface area (Å²) >= 11 is 0. The minimum atomic E-state index is -0.117. The minimum Gasteiger partial charge on any atom is -0.322 e. The lowest BCUT2D eigenvalue weighted by Crippen LogP contribution is -2.14. The molecule has 1 amide bonds. The van der Waals surface area contributed by atoms with E-state index in [0.717, 1.165) is 42.9 Å². The highest BCUT2D eigenvalue weighted by Gasteiger charge is 2.15. The van der Waals surface area contributed by atoms with Gasteiger partial charge in [-0.2, -0.15) is 5.10 Å². The predicted molar refractivity (Wildman–Crippen MR) is 107 cm³/mol. The summed E-state index contributed by atoms with van der Waals surface area (Å²) in [6, 6.07) is 16.3. The van der Waals surface area contributed by atoms with Gasteiger partial charge in [0.05, 0.1) is 17.8 Å². The Morgan fingerprint density at radius 2 is 2.04 bits per heavy atom. The zero-order valence-electron chi connectivity index (χ0n) is 15.5. The van der Waals surface area contributed by atoms with Crippen LogP contribution in [-0.4, -0.2) is 22.2 Å². The Balaban J connectivity index is 1.49. The highest BCUT2D eigenvalue weighted by Crippen LogP contribution is 2.20. The van der Waals surface area contributed by atoms with Gasteiger partial charge in [0.25, 0.3) is 5.91 Å². The van der Waals surface area contributed by atoms with Crippen molar-refractivity contribution in [1.82, 2.24) is 15.1 Å². The van der Waals surface area contributed by atoms with Crippen molar-refractivity contribution >= 4 is 11.6 Å². The van der Waals surface area contributed by atoms with E-state index >= 15 is 0 Å². The molecule has 0 unspecified atom stereocenters. The van der Waals surface area contributed by atoms with Gasteiger partial charge < -0.3 is 10.6 Å². The molecule has 27 heavy (non-hydrogen) atoms. The monoisotopic (exact) mass is 360 g/mol. The van der Waals surface area contributed by atoms with Gasteiger partial charge in [-0.05, 0) is 55.1 Å². The van der Waals surface area contributed by atoms with Gasteiger partial charge in [-0.3, -0.25) is 9.48 Å². The number of nitrogens with zero attached hydrogens (tertiary/aromatic N) is 2. The molecular weight excluding hydrogens is 336 g/mol. The van der Waals surface area contributed by atoms with Gasteiger partial charge in [0, 0.05) is 18.4 Å². The van der Waals surface area contributed by atoms with Crippen molar-refractivity contribution in [1.29, 1.82) is 0 Å². The maximum atomic E-state index is 12.8. The molecule has 0 radical (unpaired) electrons. The van der Waals surface area contributed by atoms with Crippen molar-refractivity contribution in [2.24, 2.45) is 0 Å². The Kier molecular flexibility index (Phi) is 5.03.